The van der Waals surface area contributed by atoms with Crippen LogP contribution in [0.25, 0.3) is 0 Å². The number of rotatable bonds is 5. The number of hydrogen-bond acceptors (Lipinski definition) is 4. The number of hydrogen-bond donors (Lipinski definition) is 1. The Morgan fingerprint density at radius 2 is 2.16 bits per heavy atom. The van der Waals surface area contributed by atoms with E-state index >= 15 is 0 Å². The van der Waals surface area contributed by atoms with Gasteiger partial charge in [0.25, 0.3) is 0 Å². The molecule has 0 bridgehead atoms. The molecule has 5 nitrogen and oxygen atoms in total. The van der Waals surface area contributed by atoms with E-state index in [-0.39, 0.29) is 0 Å². The van der Waals surface area contributed by atoms with Crippen molar-refractivity contribution in [3.63, 3.8) is 0 Å². The summed E-state index contributed by atoms with van der Waals surface area (Å²) in [7, 11) is 3.47. The Balaban J connectivity index is 1.94. The molecule has 0 saturated carbocycles. The summed E-state index contributed by atoms with van der Waals surface area (Å²) in [5, 5.41) is 16.4. The summed E-state index contributed by atoms with van der Waals surface area (Å²) in [5.41, 5.74) is 2.78. The fourth-order valence-corrected chi connectivity index (χ4v) is 1.85. The third kappa shape index (κ3) is 3.33. The van der Waals surface area contributed by atoms with Gasteiger partial charge in [-0.1, -0.05) is 6.07 Å². The Bertz CT molecular complexity index is 598. The van der Waals surface area contributed by atoms with Crippen molar-refractivity contribution in [1.82, 2.24) is 15.1 Å². The van der Waals surface area contributed by atoms with E-state index in [1.165, 1.54) is 0 Å². The summed E-state index contributed by atoms with van der Waals surface area (Å²) >= 11 is 0. The normalized spacial score (nSPS) is 10.2. The van der Waals surface area contributed by atoms with Gasteiger partial charge in [0, 0.05) is 31.9 Å². The zero-order valence-corrected chi connectivity index (χ0v) is 11.1. The van der Waals surface area contributed by atoms with Crippen LogP contribution in [0.5, 0.6) is 5.75 Å². The van der Waals surface area contributed by atoms with Gasteiger partial charge in [-0.3, -0.25) is 4.68 Å². The summed E-state index contributed by atoms with van der Waals surface area (Å²) in [6.07, 6.45) is 3.82. The van der Waals surface area contributed by atoms with Crippen LogP contribution in [0.1, 0.15) is 16.7 Å². The van der Waals surface area contributed by atoms with Crippen molar-refractivity contribution in [2.24, 2.45) is 7.05 Å². The maximum Gasteiger partial charge on any atom is 0.136 e. The van der Waals surface area contributed by atoms with Gasteiger partial charge in [-0.05, 0) is 17.7 Å². The molecular weight excluding hydrogens is 240 g/mol. The SMILES string of the molecule is COc1cc(CNCc2cnn(C)c2)ccc1C#N. The summed E-state index contributed by atoms with van der Waals surface area (Å²) in [4.78, 5) is 0. The highest BCUT2D eigenvalue weighted by Gasteiger charge is 2.03. The number of nitriles is 1. The molecule has 1 aromatic heterocycles. The van der Waals surface area contributed by atoms with Gasteiger partial charge in [0.2, 0.25) is 0 Å². The molecule has 0 aliphatic heterocycles. The minimum Gasteiger partial charge on any atom is -0.495 e. The molecule has 5 heteroatoms. The van der Waals surface area contributed by atoms with Crippen LogP contribution in [-0.4, -0.2) is 16.9 Å². The van der Waals surface area contributed by atoms with E-state index < -0.39 is 0 Å². The first kappa shape index (κ1) is 13.1. The Morgan fingerprint density at radius 3 is 2.79 bits per heavy atom. The number of ether oxygens (including phenoxy) is 1. The Hall–Kier alpha value is -2.32. The standard InChI is InChI=1S/C14H16N4O/c1-18-10-12(9-17-18)8-16-7-11-3-4-13(6-15)14(5-11)19-2/h3-5,9-10,16H,7-8H2,1-2H3. The molecule has 2 aromatic rings. The molecule has 0 atom stereocenters. The van der Waals surface area contributed by atoms with Crippen molar-refractivity contribution in [3.05, 3.63) is 47.3 Å². The molecule has 0 aliphatic rings. The van der Waals surface area contributed by atoms with Crippen molar-refractivity contribution in [1.29, 1.82) is 5.26 Å². The molecule has 0 fully saturated rings. The van der Waals surface area contributed by atoms with Crippen molar-refractivity contribution in [2.75, 3.05) is 7.11 Å². The van der Waals surface area contributed by atoms with E-state index in [1.807, 2.05) is 31.6 Å². The first-order valence-corrected chi connectivity index (χ1v) is 5.98. The quantitative estimate of drug-likeness (QED) is 0.882. The van der Waals surface area contributed by atoms with Gasteiger partial charge >= 0.3 is 0 Å². The van der Waals surface area contributed by atoms with Crippen LogP contribution in [0.15, 0.2) is 30.6 Å². The summed E-state index contributed by atoms with van der Waals surface area (Å²) in [6, 6.07) is 7.69. The van der Waals surface area contributed by atoms with Gasteiger partial charge < -0.3 is 10.1 Å². The Morgan fingerprint density at radius 1 is 1.37 bits per heavy atom. The fraction of sp³-hybridized carbons (Fsp3) is 0.286. The predicted molar refractivity (Wildman–Crippen MR) is 71.5 cm³/mol. The lowest BCUT2D eigenvalue weighted by atomic mass is 10.1. The largest absolute Gasteiger partial charge is 0.495 e. The lowest BCUT2D eigenvalue weighted by molar-refractivity contribution is 0.412. The molecule has 0 radical (unpaired) electrons. The number of nitrogens with one attached hydrogen (secondary N) is 1. The second-order valence-corrected chi connectivity index (χ2v) is 4.27. The molecule has 1 aromatic carbocycles. The number of nitrogens with zero attached hydrogens (tertiary/aromatic N) is 3. The number of methoxy groups -OCH3 is 1. The van der Waals surface area contributed by atoms with Crippen LogP contribution in [0.3, 0.4) is 0 Å². The monoisotopic (exact) mass is 256 g/mol. The van der Waals surface area contributed by atoms with Gasteiger partial charge in [-0.15, -0.1) is 0 Å². The Kier molecular flexibility index (Phi) is 4.16. The minimum absolute atomic E-state index is 0.554. The third-order valence-electron chi connectivity index (χ3n) is 2.80. The summed E-state index contributed by atoms with van der Waals surface area (Å²) in [5.74, 6) is 0.614. The molecule has 0 amide bonds. The van der Waals surface area contributed by atoms with E-state index in [2.05, 4.69) is 16.5 Å². The molecule has 1 heterocycles. The molecule has 98 valence electrons. The second kappa shape index (κ2) is 6.03. The second-order valence-electron chi connectivity index (χ2n) is 4.27. The highest BCUT2D eigenvalue weighted by molar-refractivity contribution is 5.45. The average molecular weight is 256 g/mol. The van der Waals surface area contributed by atoms with E-state index in [0.717, 1.165) is 24.2 Å². The van der Waals surface area contributed by atoms with Gasteiger partial charge in [0.1, 0.15) is 11.8 Å². The summed E-state index contributed by atoms with van der Waals surface area (Å²) in [6.45, 7) is 1.48. The molecule has 1 N–H and O–H groups in total. The van der Waals surface area contributed by atoms with Crippen LogP contribution in [0.2, 0.25) is 0 Å². The van der Waals surface area contributed by atoms with E-state index in [1.54, 1.807) is 17.9 Å². The molecule has 0 spiro atoms. The first-order chi connectivity index (χ1) is 9.22. The highest BCUT2D eigenvalue weighted by Crippen LogP contribution is 2.19. The van der Waals surface area contributed by atoms with Gasteiger partial charge in [-0.25, -0.2) is 0 Å². The van der Waals surface area contributed by atoms with Crippen LogP contribution >= 0.6 is 0 Å². The highest BCUT2D eigenvalue weighted by atomic mass is 16.5. The molecule has 0 aliphatic carbocycles. The smallest absolute Gasteiger partial charge is 0.136 e. The lowest BCUT2D eigenvalue weighted by Gasteiger charge is -2.07. The molecule has 2 rings (SSSR count). The van der Waals surface area contributed by atoms with Crippen LogP contribution in [-0.2, 0) is 20.1 Å². The number of aryl methyl sites for hydroxylation is 1. The van der Waals surface area contributed by atoms with Crippen molar-refractivity contribution in [3.8, 4) is 11.8 Å². The zero-order valence-electron chi connectivity index (χ0n) is 11.1. The maximum absolute atomic E-state index is 8.91. The number of aromatic nitrogens is 2. The van der Waals surface area contributed by atoms with E-state index in [0.29, 0.717) is 11.3 Å². The Labute approximate surface area is 112 Å². The van der Waals surface area contributed by atoms with E-state index in [4.69, 9.17) is 10.00 Å². The third-order valence-corrected chi connectivity index (χ3v) is 2.80. The van der Waals surface area contributed by atoms with Gasteiger partial charge in [0.15, 0.2) is 0 Å². The summed E-state index contributed by atoms with van der Waals surface area (Å²) < 4.78 is 6.96. The average Bonchev–Trinajstić information content (AvgIpc) is 2.84. The van der Waals surface area contributed by atoms with Crippen molar-refractivity contribution < 1.29 is 4.74 Å². The van der Waals surface area contributed by atoms with Gasteiger partial charge in [-0.2, -0.15) is 10.4 Å². The maximum atomic E-state index is 8.91. The predicted octanol–water partition coefficient (Wildman–Crippen LogP) is 1.59. The van der Waals surface area contributed by atoms with Crippen molar-refractivity contribution in [2.45, 2.75) is 13.1 Å². The molecule has 19 heavy (non-hydrogen) atoms. The van der Waals surface area contributed by atoms with E-state index in [9.17, 15) is 0 Å². The lowest BCUT2D eigenvalue weighted by Crippen LogP contribution is -2.12. The topological polar surface area (TPSA) is 62.9 Å². The zero-order chi connectivity index (χ0) is 13.7. The molecular formula is C14H16N4O. The fourth-order valence-electron chi connectivity index (χ4n) is 1.85. The minimum atomic E-state index is 0.554. The molecule has 0 unspecified atom stereocenters. The van der Waals surface area contributed by atoms with Gasteiger partial charge in [0.05, 0.1) is 18.9 Å². The number of benzene rings is 1. The van der Waals surface area contributed by atoms with Crippen LogP contribution in [0.4, 0.5) is 0 Å². The van der Waals surface area contributed by atoms with Crippen molar-refractivity contribution >= 4 is 0 Å². The van der Waals surface area contributed by atoms with Crippen LogP contribution < -0.4 is 10.1 Å². The molecule has 0 saturated heterocycles. The first-order valence-electron chi connectivity index (χ1n) is 5.98. The van der Waals surface area contributed by atoms with Crippen LogP contribution in [0, 0.1) is 11.3 Å².